The molecule has 1 aromatic heterocycles. The van der Waals surface area contributed by atoms with Gasteiger partial charge in [-0.15, -0.1) is 0 Å². The molecule has 0 spiro atoms. The van der Waals surface area contributed by atoms with Gasteiger partial charge in [-0.3, -0.25) is 0 Å². The van der Waals surface area contributed by atoms with E-state index in [1.165, 1.54) is 7.11 Å². The Hall–Kier alpha value is -3.79. The molecule has 3 aromatic rings. The van der Waals surface area contributed by atoms with Gasteiger partial charge in [-0.1, -0.05) is 12.1 Å². The number of allylic oxidation sites excluding steroid dienone is 1. The maximum atomic E-state index is 10.9. The van der Waals surface area contributed by atoms with Crippen LogP contribution in [0.2, 0.25) is 0 Å². The second-order valence-corrected chi connectivity index (χ2v) is 6.27. The molecule has 2 N–H and O–H groups in total. The van der Waals surface area contributed by atoms with Crippen molar-refractivity contribution in [2.75, 3.05) is 13.7 Å². The van der Waals surface area contributed by atoms with Gasteiger partial charge < -0.3 is 19.6 Å². The molecule has 0 aliphatic heterocycles. The minimum absolute atomic E-state index is 0.253. The zero-order chi connectivity index (χ0) is 20.3. The Kier molecular flexibility index (Phi) is 5.32. The highest BCUT2D eigenvalue weighted by atomic mass is 16.5. The third-order valence-corrected chi connectivity index (χ3v) is 4.34. The Bertz CT molecular complexity index is 1080. The number of H-pyrrole nitrogens is 1. The van der Waals surface area contributed by atoms with Crippen LogP contribution < -0.4 is 9.47 Å². The van der Waals surface area contributed by atoms with Gasteiger partial charge in [-0.25, -0.2) is 9.78 Å². The van der Waals surface area contributed by atoms with Gasteiger partial charge in [0, 0.05) is 5.56 Å². The van der Waals surface area contributed by atoms with E-state index in [9.17, 15) is 10.1 Å². The zero-order valence-electron chi connectivity index (χ0n) is 15.7. The number of nitriles is 1. The van der Waals surface area contributed by atoms with E-state index < -0.39 is 12.6 Å². The summed E-state index contributed by atoms with van der Waals surface area (Å²) in [5.74, 6) is -0.0510. The molecule has 0 radical (unpaired) electrons. The van der Waals surface area contributed by atoms with Crippen molar-refractivity contribution in [3.8, 4) is 17.6 Å². The largest absolute Gasteiger partial charge is 0.493 e. The molecule has 7 heteroatoms. The van der Waals surface area contributed by atoms with Crippen molar-refractivity contribution in [1.82, 2.24) is 9.97 Å². The van der Waals surface area contributed by atoms with Crippen LogP contribution in [-0.4, -0.2) is 34.8 Å². The Balaban J connectivity index is 2.08. The van der Waals surface area contributed by atoms with Crippen molar-refractivity contribution in [3.05, 3.63) is 52.8 Å². The van der Waals surface area contributed by atoms with Crippen LogP contribution in [0.4, 0.5) is 0 Å². The van der Waals surface area contributed by atoms with Crippen LogP contribution in [0.15, 0.2) is 30.3 Å². The van der Waals surface area contributed by atoms with E-state index in [0.29, 0.717) is 22.7 Å². The molecular formula is C21H19N3O4. The Morgan fingerprint density at radius 3 is 2.75 bits per heavy atom. The first-order valence-electron chi connectivity index (χ1n) is 8.53. The normalized spacial score (nSPS) is 11.3. The maximum absolute atomic E-state index is 10.9. The number of imidazole rings is 1. The molecule has 0 unspecified atom stereocenters. The van der Waals surface area contributed by atoms with Crippen LogP contribution >= 0.6 is 0 Å². The fraction of sp³-hybridized carbons (Fsp3) is 0.190. The third kappa shape index (κ3) is 3.81. The minimum atomic E-state index is -1.11. The van der Waals surface area contributed by atoms with Crippen molar-refractivity contribution >= 4 is 28.7 Å². The lowest BCUT2D eigenvalue weighted by atomic mass is 10.1. The van der Waals surface area contributed by atoms with Gasteiger partial charge in [0.1, 0.15) is 11.9 Å². The number of methoxy groups -OCH3 is 1. The van der Waals surface area contributed by atoms with Crippen molar-refractivity contribution < 1.29 is 19.4 Å². The Labute approximate surface area is 161 Å². The number of rotatable bonds is 6. The predicted octanol–water partition coefficient (Wildman–Crippen LogP) is 3.72. The van der Waals surface area contributed by atoms with E-state index in [-0.39, 0.29) is 5.75 Å². The van der Waals surface area contributed by atoms with Crippen LogP contribution in [0.1, 0.15) is 22.5 Å². The van der Waals surface area contributed by atoms with Crippen molar-refractivity contribution in [2.45, 2.75) is 13.8 Å². The molecule has 3 rings (SSSR count). The summed E-state index contributed by atoms with van der Waals surface area (Å²) >= 11 is 0. The predicted molar refractivity (Wildman–Crippen MR) is 105 cm³/mol. The molecule has 0 atom stereocenters. The summed E-state index contributed by atoms with van der Waals surface area (Å²) in [6, 6.07) is 11.2. The van der Waals surface area contributed by atoms with E-state index in [1.54, 1.807) is 24.3 Å². The highest BCUT2D eigenvalue weighted by Crippen LogP contribution is 2.33. The monoisotopic (exact) mass is 377 g/mol. The van der Waals surface area contributed by atoms with Crippen molar-refractivity contribution in [1.29, 1.82) is 5.26 Å². The molecule has 0 bridgehead atoms. The van der Waals surface area contributed by atoms with Gasteiger partial charge in [0.2, 0.25) is 0 Å². The van der Waals surface area contributed by atoms with Crippen molar-refractivity contribution in [2.24, 2.45) is 0 Å². The third-order valence-electron chi connectivity index (χ3n) is 4.34. The molecule has 1 heterocycles. The number of aliphatic carboxylic acids is 1. The first-order chi connectivity index (χ1) is 13.4. The number of nitrogens with zero attached hydrogens (tertiary/aromatic N) is 2. The number of ether oxygens (including phenoxy) is 2. The smallest absolute Gasteiger partial charge is 0.341 e. The lowest BCUT2D eigenvalue weighted by Gasteiger charge is -2.12. The number of benzene rings is 2. The SMILES string of the molecule is COc1cccc(/C=C(\C#N)c2nc3cc(C)c(C)cc3[nH]2)c1OCC(=O)O. The fourth-order valence-corrected chi connectivity index (χ4v) is 2.80. The molecule has 0 aliphatic rings. The number of hydrogen-bond acceptors (Lipinski definition) is 5. The molecule has 142 valence electrons. The summed E-state index contributed by atoms with van der Waals surface area (Å²) in [4.78, 5) is 18.6. The number of fused-ring (bicyclic) bond motifs is 1. The average Bonchev–Trinajstić information content (AvgIpc) is 3.07. The number of nitrogens with one attached hydrogen (secondary N) is 1. The number of carboxylic acids is 1. The molecule has 0 fully saturated rings. The number of aromatic amines is 1. The summed E-state index contributed by atoms with van der Waals surface area (Å²) in [6.07, 6.45) is 1.59. The lowest BCUT2D eigenvalue weighted by Crippen LogP contribution is -2.10. The van der Waals surface area contributed by atoms with E-state index in [1.807, 2.05) is 26.0 Å². The topological polar surface area (TPSA) is 108 Å². The molecule has 0 saturated carbocycles. The quantitative estimate of drug-likeness (QED) is 0.634. The summed E-state index contributed by atoms with van der Waals surface area (Å²) < 4.78 is 10.6. The number of aryl methyl sites for hydroxylation is 2. The van der Waals surface area contributed by atoms with Crippen LogP contribution in [-0.2, 0) is 4.79 Å². The number of aromatic nitrogens is 2. The van der Waals surface area contributed by atoms with Gasteiger partial charge in [-0.2, -0.15) is 5.26 Å². The number of para-hydroxylation sites is 1. The molecule has 0 aliphatic carbocycles. The minimum Gasteiger partial charge on any atom is -0.493 e. The van der Waals surface area contributed by atoms with Gasteiger partial charge in [0.15, 0.2) is 18.1 Å². The van der Waals surface area contributed by atoms with E-state index in [0.717, 1.165) is 22.2 Å². The first kappa shape index (κ1) is 19.0. The second kappa shape index (κ2) is 7.84. The highest BCUT2D eigenvalue weighted by Gasteiger charge is 2.14. The molecule has 0 amide bonds. The molecular weight excluding hydrogens is 358 g/mol. The Morgan fingerprint density at radius 2 is 2.07 bits per heavy atom. The van der Waals surface area contributed by atoms with E-state index in [4.69, 9.17) is 14.6 Å². The molecule has 28 heavy (non-hydrogen) atoms. The molecule has 2 aromatic carbocycles. The molecule has 7 nitrogen and oxygen atoms in total. The highest BCUT2D eigenvalue weighted by molar-refractivity contribution is 5.91. The van der Waals surface area contributed by atoms with Gasteiger partial charge in [0.25, 0.3) is 0 Å². The summed E-state index contributed by atoms with van der Waals surface area (Å²) in [6.45, 7) is 3.50. The van der Waals surface area contributed by atoms with Crippen LogP contribution in [0.5, 0.6) is 11.5 Å². The summed E-state index contributed by atoms with van der Waals surface area (Å²) in [5.41, 5.74) is 4.66. The van der Waals surface area contributed by atoms with Crippen LogP contribution in [0.25, 0.3) is 22.7 Å². The number of hydrogen-bond donors (Lipinski definition) is 2. The maximum Gasteiger partial charge on any atom is 0.341 e. The Morgan fingerprint density at radius 1 is 1.32 bits per heavy atom. The fourth-order valence-electron chi connectivity index (χ4n) is 2.80. The number of carbonyl (C=O) groups is 1. The second-order valence-electron chi connectivity index (χ2n) is 6.27. The molecule has 0 saturated heterocycles. The van der Waals surface area contributed by atoms with Gasteiger partial charge in [0.05, 0.1) is 23.7 Å². The first-order valence-corrected chi connectivity index (χ1v) is 8.53. The summed E-state index contributed by atoms with van der Waals surface area (Å²) in [7, 11) is 1.46. The standard InChI is InChI=1S/C21H19N3O4/c1-12-7-16-17(8-13(12)2)24-21(23-16)15(10-22)9-14-5-4-6-18(27-3)20(14)28-11-19(25)26/h4-9H,11H2,1-3H3,(H,23,24)(H,25,26)/b15-9+. The number of carboxylic acid groups (broad SMARTS) is 1. The van der Waals surface area contributed by atoms with E-state index >= 15 is 0 Å². The van der Waals surface area contributed by atoms with Crippen LogP contribution in [0, 0.1) is 25.2 Å². The van der Waals surface area contributed by atoms with Crippen molar-refractivity contribution in [3.63, 3.8) is 0 Å². The van der Waals surface area contributed by atoms with Gasteiger partial charge in [-0.05, 0) is 49.2 Å². The van der Waals surface area contributed by atoms with Crippen LogP contribution in [0.3, 0.4) is 0 Å². The van der Waals surface area contributed by atoms with Gasteiger partial charge >= 0.3 is 5.97 Å². The lowest BCUT2D eigenvalue weighted by molar-refractivity contribution is -0.139. The van der Waals surface area contributed by atoms with E-state index in [2.05, 4.69) is 16.0 Å². The average molecular weight is 377 g/mol. The zero-order valence-corrected chi connectivity index (χ0v) is 15.7. The summed E-state index contributed by atoms with van der Waals surface area (Å²) in [5, 5.41) is 18.6.